The maximum Gasteiger partial charge on any atom is 0.0783 e. The first-order valence-electron chi connectivity index (χ1n) is 6.79. The number of benzene rings is 1. The minimum absolute atomic E-state index is 0.613. The highest BCUT2D eigenvalue weighted by atomic mass is 16.3. The standard InChI is InChI=1S/C16H27NO/c1-12(2)10-17-11-16(5,18)9-15-7-13(3)6-14(4)8-15/h6-8,12,17-18H,9-11H2,1-5H3. The monoisotopic (exact) mass is 249 g/mol. The Morgan fingerprint density at radius 2 is 1.72 bits per heavy atom. The first-order chi connectivity index (χ1) is 8.28. The number of rotatable bonds is 6. The SMILES string of the molecule is Cc1cc(C)cc(CC(C)(O)CNCC(C)C)c1. The van der Waals surface area contributed by atoms with Crippen LogP contribution in [-0.4, -0.2) is 23.8 Å². The smallest absolute Gasteiger partial charge is 0.0783 e. The van der Waals surface area contributed by atoms with E-state index in [2.05, 4.69) is 51.2 Å². The van der Waals surface area contributed by atoms with E-state index in [4.69, 9.17) is 0 Å². The van der Waals surface area contributed by atoms with Gasteiger partial charge in [0.15, 0.2) is 0 Å². The molecule has 0 amide bonds. The molecule has 0 aromatic heterocycles. The van der Waals surface area contributed by atoms with Gasteiger partial charge in [-0.2, -0.15) is 0 Å². The lowest BCUT2D eigenvalue weighted by molar-refractivity contribution is 0.0596. The third-order valence-electron chi connectivity index (χ3n) is 2.92. The molecule has 0 radical (unpaired) electrons. The lowest BCUT2D eigenvalue weighted by Crippen LogP contribution is -2.40. The van der Waals surface area contributed by atoms with Crippen LogP contribution in [-0.2, 0) is 6.42 Å². The molecule has 1 rings (SSSR count). The van der Waals surface area contributed by atoms with Crippen molar-refractivity contribution in [3.8, 4) is 0 Å². The van der Waals surface area contributed by atoms with Gasteiger partial charge < -0.3 is 10.4 Å². The lowest BCUT2D eigenvalue weighted by Gasteiger charge is -2.25. The fourth-order valence-electron chi connectivity index (χ4n) is 2.30. The molecular weight excluding hydrogens is 222 g/mol. The van der Waals surface area contributed by atoms with E-state index in [1.54, 1.807) is 0 Å². The van der Waals surface area contributed by atoms with E-state index < -0.39 is 5.60 Å². The summed E-state index contributed by atoms with van der Waals surface area (Å²) in [6, 6.07) is 6.48. The third kappa shape index (κ3) is 5.65. The summed E-state index contributed by atoms with van der Waals surface area (Å²) in [5.74, 6) is 0.613. The van der Waals surface area contributed by atoms with Gasteiger partial charge in [0, 0.05) is 13.0 Å². The van der Waals surface area contributed by atoms with Crippen LogP contribution in [0.4, 0.5) is 0 Å². The summed E-state index contributed by atoms with van der Waals surface area (Å²) >= 11 is 0. The predicted octanol–water partition coefficient (Wildman–Crippen LogP) is 2.84. The van der Waals surface area contributed by atoms with Gasteiger partial charge in [0.25, 0.3) is 0 Å². The zero-order valence-electron chi connectivity index (χ0n) is 12.4. The molecule has 2 heteroatoms. The highest BCUT2D eigenvalue weighted by Gasteiger charge is 2.20. The Labute approximate surface area is 111 Å². The Bertz CT molecular complexity index is 362. The maximum absolute atomic E-state index is 10.4. The van der Waals surface area contributed by atoms with Crippen LogP contribution >= 0.6 is 0 Å². The van der Waals surface area contributed by atoms with Crippen LogP contribution < -0.4 is 5.32 Å². The molecule has 0 bridgehead atoms. The normalized spacial score (nSPS) is 14.8. The lowest BCUT2D eigenvalue weighted by atomic mass is 9.94. The second kappa shape index (κ2) is 6.35. The molecule has 0 aliphatic carbocycles. The minimum atomic E-state index is -0.685. The van der Waals surface area contributed by atoms with Gasteiger partial charge in [-0.15, -0.1) is 0 Å². The first kappa shape index (κ1) is 15.2. The molecule has 0 fully saturated rings. The molecule has 0 aliphatic heterocycles. The zero-order chi connectivity index (χ0) is 13.8. The Morgan fingerprint density at radius 3 is 2.22 bits per heavy atom. The number of hydrogen-bond donors (Lipinski definition) is 2. The van der Waals surface area contributed by atoms with Crippen LogP contribution in [0.5, 0.6) is 0 Å². The molecular formula is C16H27NO. The molecule has 2 N–H and O–H groups in total. The Kier molecular flexibility index (Phi) is 5.36. The van der Waals surface area contributed by atoms with Crippen molar-refractivity contribution in [2.75, 3.05) is 13.1 Å². The van der Waals surface area contributed by atoms with Crippen molar-refractivity contribution in [1.29, 1.82) is 0 Å². The van der Waals surface area contributed by atoms with Crippen LogP contribution in [0.25, 0.3) is 0 Å². The largest absolute Gasteiger partial charge is 0.389 e. The molecule has 0 saturated heterocycles. The Balaban J connectivity index is 2.58. The summed E-state index contributed by atoms with van der Waals surface area (Å²) in [6.45, 7) is 12.0. The van der Waals surface area contributed by atoms with Gasteiger partial charge in [-0.1, -0.05) is 43.2 Å². The van der Waals surface area contributed by atoms with Gasteiger partial charge in [0.1, 0.15) is 0 Å². The van der Waals surface area contributed by atoms with Gasteiger partial charge in [0.2, 0.25) is 0 Å². The van der Waals surface area contributed by atoms with E-state index in [1.165, 1.54) is 16.7 Å². The van der Waals surface area contributed by atoms with Crippen molar-refractivity contribution in [3.05, 3.63) is 34.9 Å². The van der Waals surface area contributed by atoms with Gasteiger partial charge in [-0.25, -0.2) is 0 Å². The van der Waals surface area contributed by atoms with Crippen molar-refractivity contribution >= 4 is 0 Å². The summed E-state index contributed by atoms with van der Waals surface area (Å²) < 4.78 is 0. The minimum Gasteiger partial charge on any atom is -0.389 e. The van der Waals surface area contributed by atoms with Crippen molar-refractivity contribution in [1.82, 2.24) is 5.32 Å². The maximum atomic E-state index is 10.4. The van der Waals surface area contributed by atoms with Crippen LogP contribution in [0.1, 0.15) is 37.5 Å². The molecule has 1 aromatic rings. The second-order valence-electron chi connectivity index (χ2n) is 6.19. The molecule has 2 nitrogen and oxygen atoms in total. The van der Waals surface area contributed by atoms with Crippen LogP contribution in [0.15, 0.2) is 18.2 Å². The van der Waals surface area contributed by atoms with Gasteiger partial charge in [-0.05, 0) is 38.8 Å². The van der Waals surface area contributed by atoms with Crippen molar-refractivity contribution in [2.45, 2.75) is 46.6 Å². The summed E-state index contributed by atoms with van der Waals surface area (Å²) in [4.78, 5) is 0. The van der Waals surface area contributed by atoms with E-state index in [0.717, 1.165) is 6.54 Å². The fourth-order valence-corrected chi connectivity index (χ4v) is 2.30. The highest BCUT2D eigenvalue weighted by Crippen LogP contribution is 2.16. The van der Waals surface area contributed by atoms with E-state index in [1.807, 2.05) is 6.92 Å². The van der Waals surface area contributed by atoms with Crippen molar-refractivity contribution in [3.63, 3.8) is 0 Å². The third-order valence-corrected chi connectivity index (χ3v) is 2.92. The molecule has 0 spiro atoms. The number of nitrogens with one attached hydrogen (secondary N) is 1. The van der Waals surface area contributed by atoms with Gasteiger partial charge in [-0.3, -0.25) is 0 Å². The average Bonchev–Trinajstić information content (AvgIpc) is 2.12. The average molecular weight is 249 g/mol. The van der Waals surface area contributed by atoms with Gasteiger partial charge >= 0.3 is 0 Å². The second-order valence-corrected chi connectivity index (χ2v) is 6.19. The first-order valence-corrected chi connectivity index (χ1v) is 6.79. The molecule has 1 unspecified atom stereocenters. The quantitative estimate of drug-likeness (QED) is 0.812. The predicted molar refractivity (Wildman–Crippen MR) is 78.0 cm³/mol. The summed E-state index contributed by atoms with van der Waals surface area (Å²) in [5.41, 5.74) is 3.05. The summed E-state index contributed by atoms with van der Waals surface area (Å²) in [7, 11) is 0. The van der Waals surface area contributed by atoms with E-state index >= 15 is 0 Å². The zero-order valence-corrected chi connectivity index (χ0v) is 12.4. The van der Waals surface area contributed by atoms with Crippen molar-refractivity contribution < 1.29 is 5.11 Å². The highest BCUT2D eigenvalue weighted by molar-refractivity contribution is 5.29. The fraction of sp³-hybridized carbons (Fsp3) is 0.625. The number of aryl methyl sites for hydroxylation is 2. The van der Waals surface area contributed by atoms with E-state index in [0.29, 0.717) is 18.9 Å². The molecule has 0 heterocycles. The Morgan fingerprint density at radius 1 is 1.17 bits per heavy atom. The molecule has 0 aliphatic rings. The van der Waals surface area contributed by atoms with Crippen LogP contribution in [0.2, 0.25) is 0 Å². The van der Waals surface area contributed by atoms with Crippen molar-refractivity contribution in [2.24, 2.45) is 5.92 Å². The van der Waals surface area contributed by atoms with E-state index in [9.17, 15) is 5.11 Å². The molecule has 1 atom stereocenters. The van der Waals surface area contributed by atoms with Crippen LogP contribution in [0, 0.1) is 19.8 Å². The molecule has 1 aromatic carbocycles. The molecule has 18 heavy (non-hydrogen) atoms. The summed E-state index contributed by atoms with van der Waals surface area (Å²) in [6.07, 6.45) is 0.695. The Hall–Kier alpha value is -0.860. The van der Waals surface area contributed by atoms with Crippen LogP contribution in [0.3, 0.4) is 0 Å². The topological polar surface area (TPSA) is 32.3 Å². The number of hydrogen-bond acceptors (Lipinski definition) is 2. The molecule has 102 valence electrons. The summed E-state index contributed by atoms with van der Waals surface area (Å²) in [5, 5.41) is 13.7. The number of aliphatic hydroxyl groups is 1. The van der Waals surface area contributed by atoms with Gasteiger partial charge in [0.05, 0.1) is 5.60 Å². The van der Waals surface area contributed by atoms with E-state index in [-0.39, 0.29) is 0 Å². The molecule has 0 saturated carbocycles.